The molecule has 0 bridgehead atoms. The molecule has 1 aliphatic carbocycles. The minimum absolute atomic E-state index is 0.0148. The Morgan fingerprint density at radius 2 is 1.89 bits per heavy atom. The zero-order valence-electron chi connectivity index (χ0n) is 17.4. The lowest BCUT2D eigenvalue weighted by Crippen LogP contribution is -2.36. The molecule has 0 heterocycles. The molecule has 1 aromatic carbocycles. The number of carbonyl (C=O) groups is 1. The number of hydrogen-bond acceptors (Lipinski definition) is 3. The summed E-state index contributed by atoms with van der Waals surface area (Å²) in [7, 11) is 0. The van der Waals surface area contributed by atoms with Gasteiger partial charge in [-0.3, -0.25) is 0 Å². The van der Waals surface area contributed by atoms with Crippen molar-refractivity contribution in [3.8, 4) is 0 Å². The highest BCUT2D eigenvalue weighted by Crippen LogP contribution is 2.35. The van der Waals surface area contributed by atoms with Gasteiger partial charge in [-0.2, -0.15) is 0 Å². The van der Waals surface area contributed by atoms with E-state index >= 15 is 0 Å². The van der Waals surface area contributed by atoms with Gasteiger partial charge < -0.3 is 9.47 Å². The molecule has 0 unspecified atom stereocenters. The lowest BCUT2D eigenvalue weighted by molar-refractivity contribution is -0.155. The predicted molar refractivity (Wildman–Crippen MR) is 111 cm³/mol. The summed E-state index contributed by atoms with van der Waals surface area (Å²) in [5, 5.41) is 0. The maximum absolute atomic E-state index is 12.8. The van der Waals surface area contributed by atoms with Gasteiger partial charge in [0.2, 0.25) is 5.76 Å². The third-order valence-corrected chi connectivity index (χ3v) is 5.29. The Bertz CT molecular complexity index is 653. The molecule has 2 rings (SSSR count). The summed E-state index contributed by atoms with van der Waals surface area (Å²) in [6.07, 6.45) is 7.18. The van der Waals surface area contributed by atoms with Crippen LogP contribution in [0.15, 0.2) is 47.7 Å². The van der Waals surface area contributed by atoms with Crippen LogP contribution in [-0.4, -0.2) is 18.7 Å². The first-order chi connectivity index (χ1) is 12.9. The van der Waals surface area contributed by atoms with Gasteiger partial charge in [0.1, 0.15) is 12.7 Å². The van der Waals surface area contributed by atoms with Gasteiger partial charge in [0.25, 0.3) is 0 Å². The van der Waals surface area contributed by atoms with Crippen molar-refractivity contribution in [3.05, 3.63) is 53.3 Å². The number of hydrogen-bond donors (Lipinski definition) is 0. The summed E-state index contributed by atoms with van der Waals surface area (Å²) in [5.41, 5.74) is 1.96. The maximum Gasteiger partial charge on any atom is 0.373 e. The van der Waals surface area contributed by atoms with Crippen molar-refractivity contribution >= 4 is 12.0 Å². The van der Waals surface area contributed by atoms with Crippen molar-refractivity contribution in [1.82, 2.24) is 0 Å². The van der Waals surface area contributed by atoms with Crippen LogP contribution < -0.4 is 0 Å². The van der Waals surface area contributed by atoms with Crippen LogP contribution >= 0.6 is 0 Å². The molecule has 3 nitrogen and oxygen atoms in total. The van der Waals surface area contributed by atoms with Crippen LogP contribution in [0.3, 0.4) is 0 Å². The summed E-state index contributed by atoms with van der Waals surface area (Å²) in [6.45, 7) is 10.8. The second-order valence-corrected chi connectivity index (χ2v) is 8.22. The van der Waals surface area contributed by atoms with Gasteiger partial charge in [-0.05, 0) is 61.7 Å². The first-order valence-corrected chi connectivity index (χ1v) is 10.1. The number of benzene rings is 1. The molecule has 0 spiro atoms. The lowest BCUT2D eigenvalue weighted by Gasteiger charge is -2.36. The third kappa shape index (κ3) is 6.57. The van der Waals surface area contributed by atoms with Crippen LogP contribution in [0.1, 0.15) is 59.4 Å². The fraction of sp³-hybridized carbons (Fsp3) is 0.542. The SMILES string of the molecule is CC(C)=C(OC/C=C\c1ccccc1)C(=O)O[C@@H]1C[C@H](C)CC[C@H]1C(C)C. The smallest absolute Gasteiger partial charge is 0.373 e. The van der Waals surface area contributed by atoms with Crippen molar-refractivity contribution in [3.63, 3.8) is 0 Å². The van der Waals surface area contributed by atoms with Crippen molar-refractivity contribution < 1.29 is 14.3 Å². The van der Waals surface area contributed by atoms with Crippen LogP contribution in [0.5, 0.6) is 0 Å². The van der Waals surface area contributed by atoms with E-state index in [1.54, 1.807) is 0 Å². The largest absolute Gasteiger partial charge is 0.482 e. The van der Waals surface area contributed by atoms with Crippen molar-refractivity contribution in [2.24, 2.45) is 17.8 Å². The van der Waals surface area contributed by atoms with Crippen molar-refractivity contribution in [2.75, 3.05) is 6.61 Å². The van der Waals surface area contributed by atoms with E-state index in [1.807, 2.05) is 56.3 Å². The molecule has 1 saturated carbocycles. The predicted octanol–water partition coefficient (Wildman–Crippen LogP) is 6.01. The zero-order chi connectivity index (χ0) is 19.8. The average molecular weight is 371 g/mol. The molecule has 1 aromatic rings. The highest BCUT2D eigenvalue weighted by Gasteiger charge is 2.34. The number of ether oxygens (including phenoxy) is 2. The number of esters is 1. The van der Waals surface area contributed by atoms with Crippen LogP contribution in [0.4, 0.5) is 0 Å². The quantitative estimate of drug-likeness (QED) is 0.335. The molecular weight excluding hydrogens is 336 g/mol. The molecule has 148 valence electrons. The standard InChI is InChI=1S/C24H34O3/c1-17(2)21-14-13-19(5)16-22(21)27-24(25)23(18(3)4)26-15-9-12-20-10-7-6-8-11-20/h6-12,17,19,21-22H,13-16H2,1-5H3/b12-9-/t19-,21+,22-/m1/s1. The van der Waals surface area contributed by atoms with Crippen LogP contribution in [0.25, 0.3) is 6.08 Å². The summed E-state index contributed by atoms with van der Waals surface area (Å²) in [5.74, 6) is 1.56. The monoisotopic (exact) mass is 370 g/mol. The summed E-state index contributed by atoms with van der Waals surface area (Å²) < 4.78 is 11.7. The number of rotatable bonds is 7. The molecule has 0 N–H and O–H groups in total. The van der Waals surface area contributed by atoms with Gasteiger partial charge in [0.15, 0.2) is 0 Å². The van der Waals surface area contributed by atoms with E-state index in [0.29, 0.717) is 30.1 Å². The highest BCUT2D eigenvalue weighted by atomic mass is 16.6. The van der Waals surface area contributed by atoms with E-state index in [0.717, 1.165) is 24.0 Å². The van der Waals surface area contributed by atoms with Gasteiger partial charge in [-0.15, -0.1) is 0 Å². The van der Waals surface area contributed by atoms with Crippen molar-refractivity contribution in [1.29, 1.82) is 0 Å². The molecule has 27 heavy (non-hydrogen) atoms. The summed E-state index contributed by atoms with van der Waals surface area (Å²) in [6, 6.07) is 10.0. The third-order valence-electron chi connectivity index (χ3n) is 5.29. The molecule has 0 saturated heterocycles. The minimum atomic E-state index is -0.326. The molecule has 0 amide bonds. The Morgan fingerprint density at radius 3 is 2.52 bits per heavy atom. The molecule has 3 atom stereocenters. The second-order valence-electron chi connectivity index (χ2n) is 8.22. The topological polar surface area (TPSA) is 35.5 Å². The van der Waals surface area contributed by atoms with E-state index in [2.05, 4.69) is 20.8 Å². The first kappa shape index (κ1) is 21.3. The van der Waals surface area contributed by atoms with E-state index in [-0.39, 0.29) is 12.1 Å². The van der Waals surface area contributed by atoms with Gasteiger partial charge in [-0.1, -0.05) is 63.6 Å². The summed E-state index contributed by atoms with van der Waals surface area (Å²) >= 11 is 0. The lowest BCUT2D eigenvalue weighted by atomic mass is 9.75. The van der Waals surface area contributed by atoms with Crippen molar-refractivity contribution in [2.45, 2.75) is 60.0 Å². The molecule has 0 aromatic heterocycles. The molecular formula is C24H34O3. The molecule has 3 heteroatoms. The highest BCUT2D eigenvalue weighted by molar-refractivity contribution is 5.87. The molecule has 0 aliphatic heterocycles. The number of allylic oxidation sites excluding steroid dienone is 1. The maximum atomic E-state index is 12.8. The van der Waals surface area contributed by atoms with E-state index < -0.39 is 0 Å². The molecule has 0 radical (unpaired) electrons. The van der Waals surface area contributed by atoms with E-state index in [9.17, 15) is 4.79 Å². The number of carbonyl (C=O) groups excluding carboxylic acids is 1. The molecule has 1 aliphatic rings. The zero-order valence-corrected chi connectivity index (χ0v) is 17.4. The van der Waals surface area contributed by atoms with Crippen LogP contribution in [0.2, 0.25) is 0 Å². The Hall–Kier alpha value is -2.03. The van der Waals surface area contributed by atoms with Gasteiger partial charge in [0.05, 0.1) is 0 Å². The van der Waals surface area contributed by atoms with Crippen LogP contribution in [0, 0.1) is 17.8 Å². The van der Waals surface area contributed by atoms with Gasteiger partial charge >= 0.3 is 5.97 Å². The second kappa shape index (κ2) is 10.3. The fourth-order valence-corrected chi connectivity index (χ4v) is 3.73. The fourth-order valence-electron chi connectivity index (χ4n) is 3.73. The van der Waals surface area contributed by atoms with Gasteiger partial charge in [0, 0.05) is 0 Å². The Morgan fingerprint density at radius 1 is 1.19 bits per heavy atom. The Kier molecular flexibility index (Phi) is 8.15. The van der Waals surface area contributed by atoms with E-state index in [4.69, 9.17) is 9.47 Å². The summed E-state index contributed by atoms with van der Waals surface area (Å²) in [4.78, 5) is 12.8. The van der Waals surface area contributed by atoms with Crippen LogP contribution in [-0.2, 0) is 14.3 Å². The minimum Gasteiger partial charge on any atom is -0.482 e. The normalized spacial score (nSPS) is 22.7. The van der Waals surface area contributed by atoms with E-state index in [1.165, 1.54) is 6.42 Å². The molecule has 1 fully saturated rings. The Labute approximate surface area is 164 Å². The van der Waals surface area contributed by atoms with Gasteiger partial charge in [-0.25, -0.2) is 4.79 Å². The Balaban J connectivity index is 1.96. The first-order valence-electron chi connectivity index (χ1n) is 10.1. The average Bonchev–Trinajstić information content (AvgIpc) is 2.61.